The number of ether oxygens (including phenoxy) is 1. The molecule has 0 bridgehead atoms. The summed E-state index contributed by atoms with van der Waals surface area (Å²) >= 11 is 0. The number of hydrogen-bond donors (Lipinski definition) is 1. The first kappa shape index (κ1) is 16.6. The van der Waals surface area contributed by atoms with Crippen LogP contribution in [0.2, 0.25) is 0 Å². The van der Waals surface area contributed by atoms with Crippen molar-refractivity contribution < 1.29 is 14.3 Å². The number of carbonyl (C=O) groups excluding carboxylic acids is 2. The highest BCUT2D eigenvalue weighted by Gasteiger charge is 2.60. The summed E-state index contributed by atoms with van der Waals surface area (Å²) in [5.41, 5.74) is 0.0399. The maximum absolute atomic E-state index is 12.5. The van der Waals surface area contributed by atoms with Gasteiger partial charge in [0.05, 0.1) is 11.5 Å². The molecule has 1 heterocycles. The zero-order chi connectivity index (χ0) is 17.1. The molecule has 134 valence electrons. The van der Waals surface area contributed by atoms with Crippen LogP contribution in [0.3, 0.4) is 0 Å². The SMILES string of the molecule is CO[C@H]1CC[C@]2(C)[C@H](CC[C@@H]3[C@H]4CC(=O)NC(=O)[C@@]4(C)CC[C@@H]32)C1. The van der Waals surface area contributed by atoms with E-state index in [1.54, 1.807) is 0 Å². The predicted octanol–water partition coefficient (Wildman–Crippen LogP) is 3.30. The van der Waals surface area contributed by atoms with Crippen molar-refractivity contribution >= 4 is 11.8 Å². The molecule has 7 atom stereocenters. The Bertz CT molecular complexity index is 561. The molecule has 24 heavy (non-hydrogen) atoms. The summed E-state index contributed by atoms with van der Waals surface area (Å²) in [6.07, 6.45) is 9.06. The van der Waals surface area contributed by atoms with Gasteiger partial charge >= 0.3 is 0 Å². The number of amides is 2. The van der Waals surface area contributed by atoms with E-state index >= 15 is 0 Å². The zero-order valence-corrected chi connectivity index (χ0v) is 15.3. The maximum atomic E-state index is 12.5. The van der Waals surface area contributed by atoms with Gasteiger partial charge < -0.3 is 4.74 Å². The summed E-state index contributed by atoms with van der Waals surface area (Å²) in [7, 11) is 1.84. The number of nitrogens with one attached hydrogen (secondary N) is 1. The molecule has 0 unspecified atom stereocenters. The first-order valence-electron chi connectivity index (χ1n) is 9.75. The molecule has 1 N–H and O–H groups in total. The summed E-state index contributed by atoms with van der Waals surface area (Å²) in [5, 5.41) is 2.60. The lowest BCUT2D eigenvalue weighted by Crippen LogP contribution is -2.61. The van der Waals surface area contributed by atoms with Crippen molar-refractivity contribution in [3.8, 4) is 0 Å². The van der Waals surface area contributed by atoms with E-state index in [1.807, 2.05) is 7.11 Å². The Morgan fingerprint density at radius 1 is 1.04 bits per heavy atom. The van der Waals surface area contributed by atoms with Crippen molar-refractivity contribution in [2.45, 2.75) is 71.3 Å². The average Bonchev–Trinajstić information content (AvgIpc) is 2.55. The van der Waals surface area contributed by atoms with Gasteiger partial charge in [0.2, 0.25) is 11.8 Å². The number of piperidine rings is 1. The fourth-order valence-corrected chi connectivity index (χ4v) is 6.93. The minimum Gasteiger partial charge on any atom is -0.381 e. The van der Waals surface area contributed by atoms with Crippen LogP contribution < -0.4 is 5.32 Å². The van der Waals surface area contributed by atoms with Crippen LogP contribution in [0.1, 0.15) is 65.2 Å². The highest BCUT2D eigenvalue weighted by atomic mass is 16.5. The average molecular weight is 333 g/mol. The van der Waals surface area contributed by atoms with Crippen molar-refractivity contribution in [3.05, 3.63) is 0 Å². The van der Waals surface area contributed by atoms with E-state index in [9.17, 15) is 9.59 Å². The van der Waals surface area contributed by atoms with Gasteiger partial charge in [0.1, 0.15) is 0 Å². The van der Waals surface area contributed by atoms with Crippen molar-refractivity contribution in [3.63, 3.8) is 0 Å². The van der Waals surface area contributed by atoms with Crippen LogP contribution >= 0.6 is 0 Å². The zero-order valence-electron chi connectivity index (χ0n) is 15.3. The predicted molar refractivity (Wildman–Crippen MR) is 91.1 cm³/mol. The highest BCUT2D eigenvalue weighted by Crippen LogP contribution is 2.64. The van der Waals surface area contributed by atoms with Gasteiger partial charge in [0, 0.05) is 13.5 Å². The first-order valence-corrected chi connectivity index (χ1v) is 9.75. The number of rotatable bonds is 1. The molecule has 0 aromatic carbocycles. The fourth-order valence-electron chi connectivity index (χ4n) is 6.93. The molecule has 4 aliphatic rings. The second-order valence-corrected chi connectivity index (χ2v) is 9.33. The van der Waals surface area contributed by atoms with E-state index in [1.165, 1.54) is 25.7 Å². The quantitative estimate of drug-likeness (QED) is 0.749. The van der Waals surface area contributed by atoms with Gasteiger partial charge in [-0.15, -0.1) is 0 Å². The topological polar surface area (TPSA) is 55.4 Å². The molecule has 1 saturated heterocycles. The molecule has 3 aliphatic carbocycles. The minimum atomic E-state index is -0.331. The van der Waals surface area contributed by atoms with E-state index in [0.29, 0.717) is 29.8 Å². The molecular weight excluding hydrogens is 302 g/mol. The molecule has 4 rings (SSSR count). The normalized spacial score (nSPS) is 51.2. The molecule has 0 aromatic heterocycles. The molecule has 1 aliphatic heterocycles. The summed E-state index contributed by atoms with van der Waals surface area (Å²) in [6.45, 7) is 4.60. The lowest BCUT2D eigenvalue weighted by Gasteiger charge is -2.61. The monoisotopic (exact) mass is 333 g/mol. The van der Waals surface area contributed by atoms with Gasteiger partial charge in [0.25, 0.3) is 0 Å². The smallest absolute Gasteiger partial charge is 0.232 e. The van der Waals surface area contributed by atoms with Crippen LogP contribution in [0, 0.1) is 34.5 Å². The second kappa shape index (κ2) is 5.55. The summed E-state index contributed by atoms with van der Waals surface area (Å²) < 4.78 is 5.65. The molecule has 2 amide bonds. The van der Waals surface area contributed by atoms with Crippen LogP contribution in [0.5, 0.6) is 0 Å². The van der Waals surface area contributed by atoms with E-state index < -0.39 is 0 Å². The Kier molecular flexibility index (Phi) is 3.83. The van der Waals surface area contributed by atoms with E-state index in [2.05, 4.69) is 19.2 Å². The largest absolute Gasteiger partial charge is 0.381 e. The van der Waals surface area contributed by atoms with Gasteiger partial charge in [-0.2, -0.15) is 0 Å². The first-order chi connectivity index (χ1) is 11.4. The molecule has 4 fully saturated rings. The van der Waals surface area contributed by atoms with Gasteiger partial charge in [-0.25, -0.2) is 0 Å². The molecular formula is C20H31NO3. The van der Waals surface area contributed by atoms with Crippen LogP contribution in [0.4, 0.5) is 0 Å². The van der Waals surface area contributed by atoms with Gasteiger partial charge in [-0.1, -0.05) is 13.8 Å². The van der Waals surface area contributed by atoms with Crippen LogP contribution in [-0.4, -0.2) is 25.0 Å². The van der Waals surface area contributed by atoms with Crippen molar-refractivity contribution in [2.75, 3.05) is 7.11 Å². The Morgan fingerprint density at radius 2 is 1.83 bits per heavy atom. The number of hydrogen-bond acceptors (Lipinski definition) is 3. The maximum Gasteiger partial charge on any atom is 0.232 e. The summed E-state index contributed by atoms with van der Waals surface area (Å²) in [6, 6.07) is 0. The van der Waals surface area contributed by atoms with Gasteiger partial charge in [-0.3, -0.25) is 14.9 Å². The number of fused-ring (bicyclic) bond motifs is 5. The minimum absolute atomic E-state index is 0.0161. The second-order valence-electron chi connectivity index (χ2n) is 9.33. The number of methoxy groups -OCH3 is 1. The van der Waals surface area contributed by atoms with Crippen molar-refractivity contribution in [2.24, 2.45) is 34.5 Å². The Labute approximate surface area is 145 Å². The Hall–Kier alpha value is -0.900. The highest BCUT2D eigenvalue weighted by molar-refractivity contribution is 6.01. The lowest BCUT2D eigenvalue weighted by molar-refractivity contribution is -0.166. The number of carbonyl (C=O) groups is 2. The van der Waals surface area contributed by atoms with Gasteiger partial charge in [0.15, 0.2) is 0 Å². The van der Waals surface area contributed by atoms with Crippen LogP contribution in [-0.2, 0) is 14.3 Å². The third-order valence-electron chi connectivity index (χ3n) is 8.52. The van der Waals surface area contributed by atoms with E-state index in [0.717, 1.165) is 25.2 Å². The number of imide groups is 1. The summed E-state index contributed by atoms with van der Waals surface area (Å²) in [5.74, 6) is 2.13. The third-order valence-corrected chi connectivity index (χ3v) is 8.52. The molecule has 0 spiro atoms. The van der Waals surface area contributed by atoms with Crippen molar-refractivity contribution in [1.82, 2.24) is 5.32 Å². The summed E-state index contributed by atoms with van der Waals surface area (Å²) in [4.78, 5) is 24.6. The van der Waals surface area contributed by atoms with Gasteiger partial charge in [-0.05, 0) is 74.0 Å². The molecule has 0 aromatic rings. The molecule has 4 nitrogen and oxygen atoms in total. The van der Waals surface area contributed by atoms with E-state index in [-0.39, 0.29) is 23.1 Å². The molecule has 0 radical (unpaired) electrons. The molecule has 3 saturated carbocycles. The molecule has 4 heteroatoms. The third kappa shape index (κ3) is 2.21. The Morgan fingerprint density at radius 3 is 2.58 bits per heavy atom. The fraction of sp³-hybridized carbons (Fsp3) is 0.900. The van der Waals surface area contributed by atoms with Crippen LogP contribution in [0.25, 0.3) is 0 Å². The standard InChI is InChI=1S/C20H31NO3/c1-19-8-6-13(24-3)10-12(19)4-5-14-15(19)7-9-20(2)16(14)11-17(22)21-18(20)23/h12-16H,4-11H2,1-3H3,(H,21,22,23)/t12-,13+,14+,15+,16-,19-,20+/m1/s1. The van der Waals surface area contributed by atoms with Crippen molar-refractivity contribution in [1.29, 1.82) is 0 Å². The van der Waals surface area contributed by atoms with Crippen LogP contribution in [0.15, 0.2) is 0 Å². The lowest BCUT2D eigenvalue weighted by atomic mass is 9.44. The van der Waals surface area contributed by atoms with E-state index in [4.69, 9.17) is 4.74 Å². The Balaban J connectivity index is 1.62.